The molecule has 0 amide bonds. The molecule has 1 saturated heterocycles. The van der Waals surface area contributed by atoms with Gasteiger partial charge in [-0.3, -0.25) is 0 Å². The molecule has 0 saturated carbocycles. The van der Waals surface area contributed by atoms with Gasteiger partial charge in [-0.2, -0.15) is 5.26 Å². The zero-order valence-corrected chi connectivity index (χ0v) is 12.7. The van der Waals surface area contributed by atoms with Gasteiger partial charge in [-0.25, -0.2) is 0 Å². The Morgan fingerprint density at radius 2 is 1.79 bits per heavy atom. The molecule has 1 heterocycles. The van der Waals surface area contributed by atoms with Crippen molar-refractivity contribution in [3.63, 3.8) is 0 Å². The third kappa shape index (κ3) is 2.47. The van der Waals surface area contributed by atoms with Crippen LogP contribution in [0.1, 0.15) is 46.6 Å². The van der Waals surface area contributed by atoms with Crippen molar-refractivity contribution in [3.8, 4) is 6.07 Å². The largest absolute Gasteiger partial charge is 0.365 e. The van der Waals surface area contributed by atoms with E-state index < -0.39 is 0 Å². The lowest BCUT2D eigenvalue weighted by molar-refractivity contribution is 0.439. The van der Waals surface area contributed by atoms with Gasteiger partial charge in [-0.15, -0.1) is 0 Å². The van der Waals surface area contributed by atoms with Crippen LogP contribution < -0.4 is 4.90 Å². The number of benzene rings is 1. The molecule has 1 aliphatic heterocycles. The van der Waals surface area contributed by atoms with E-state index in [1.54, 1.807) is 0 Å². The second-order valence-electron chi connectivity index (χ2n) is 7.07. The summed E-state index contributed by atoms with van der Waals surface area (Å²) in [6, 6.07) is 11.3. The number of anilines is 1. The Morgan fingerprint density at radius 1 is 1.21 bits per heavy atom. The predicted octanol–water partition coefficient (Wildman–Crippen LogP) is 4.11. The molecule has 1 aliphatic rings. The molecular weight excluding hydrogens is 232 g/mol. The molecule has 102 valence electrons. The van der Waals surface area contributed by atoms with Gasteiger partial charge >= 0.3 is 0 Å². The second kappa shape index (κ2) is 4.56. The van der Waals surface area contributed by atoms with Crippen molar-refractivity contribution in [2.24, 2.45) is 5.92 Å². The maximum absolute atomic E-state index is 9.24. The first-order valence-corrected chi connectivity index (χ1v) is 7.04. The SMILES string of the molecule is CC(C)(C)c1ccc(N2CCC(C#N)C2(C)C)cc1. The van der Waals surface area contributed by atoms with Gasteiger partial charge in [0.15, 0.2) is 0 Å². The van der Waals surface area contributed by atoms with Crippen LogP contribution in [0, 0.1) is 17.2 Å². The molecule has 1 unspecified atom stereocenters. The summed E-state index contributed by atoms with van der Waals surface area (Å²) in [7, 11) is 0. The maximum Gasteiger partial charge on any atom is 0.0706 e. The summed E-state index contributed by atoms with van der Waals surface area (Å²) >= 11 is 0. The molecule has 0 aliphatic carbocycles. The van der Waals surface area contributed by atoms with E-state index in [0.29, 0.717) is 0 Å². The van der Waals surface area contributed by atoms with Gasteiger partial charge in [0.2, 0.25) is 0 Å². The average molecular weight is 256 g/mol. The molecule has 2 rings (SSSR count). The van der Waals surface area contributed by atoms with Crippen molar-refractivity contribution in [3.05, 3.63) is 29.8 Å². The van der Waals surface area contributed by atoms with Crippen LogP contribution in [-0.4, -0.2) is 12.1 Å². The number of hydrogen-bond acceptors (Lipinski definition) is 2. The minimum Gasteiger partial charge on any atom is -0.365 e. The van der Waals surface area contributed by atoms with Gasteiger partial charge in [0.05, 0.1) is 17.5 Å². The van der Waals surface area contributed by atoms with Crippen LogP contribution in [0.3, 0.4) is 0 Å². The van der Waals surface area contributed by atoms with E-state index in [0.717, 1.165) is 13.0 Å². The van der Waals surface area contributed by atoms with Crippen molar-refractivity contribution in [2.75, 3.05) is 11.4 Å². The first-order valence-electron chi connectivity index (χ1n) is 7.04. The maximum atomic E-state index is 9.24. The molecule has 2 nitrogen and oxygen atoms in total. The molecule has 2 heteroatoms. The van der Waals surface area contributed by atoms with Crippen molar-refractivity contribution < 1.29 is 0 Å². The molecule has 0 radical (unpaired) electrons. The van der Waals surface area contributed by atoms with E-state index in [4.69, 9.17) is 0 Å². The number of nitrogens with zero attached hydrogens (tertiary/aromatic N) is 2. The highest BCUT2D eigenvalue weighted by Gasteiger charge is 2.41. The molecule has 1 atom stereocenters. The number of nitriles is 1. The Hall–Kier alpha value is -1.49. The third-order valence-corrected chi connectivity index (χ3v) is 4.39. The fourth-order valence-corrected chi connectivity index (χ4v) is 2.91. The summed E-state index contributed by atoms with van der Waals surface area (Å²) in [5.74, 6) is 0.120. The monoisotopic (exact) mass is 256 g/mol. The van der Waals surface area contributed by atoms with E-state index in [1.807, 2.05) is 0 Å². The fraction of sp³-hybridized carbons (Fsp3) is 0.588. The van der Waals surface area contributed by atoms with Gasteiger partial charge in [0.25, 0.3) is 0 Å². The standard InChI is InChI=1S/C17H24N2/c1-16(2,3)13-6-8-15(9-7-13)19-11-10-14(12-18)17(19,4)5/h6-9,14H,10-11H2,1-5H3. The van der Waals surface area contributed by atoms with Crippen LogP contribution in [0.15, 0.2) is 24.3 Å². The summed E-state index contributed by atoms with van der Waals surface area (Å²) in [6.07, 6.45) is 0.963. The third-order valence-electron chi connectivity index (χ3n) is 4.39. The quantitative estimate of drug-likeness (QED) is 0.756. The first kappa shape index (κ1) is 13.9. The van der Waals surface area contributed by atoms with Crippen LogP contribution in [0.2, 0.25) is 0 Å². The van der Waals surface area contributed by atoms with Crippen LogP contribution in [0.4, 0.5) is 5.69 Å². The predicted molar refractivity (Wildman–Crippen MR) is 80.3 cm³/mol. The smallest absolute Gasteiger partial charge is 0.0706 e. The highest BCUT2D eigenvalue weighted by molar-refractivity contribution is 5.52. The molecule has 0 aromatic heterocycles. The highest BCUT2D eigenvalue weighted by atomic mass is 15.2. The summed E-state index contributed by atoms with van der Waals surface area (Å²) in [5.41, 5.74) is 2.70. The molecule has 0 spiro atoms. The Kier molecular flexibility index (Phi) is 3.34. The van der Waals surface area contributed by atoms with E-state index in [9.17, 15) is 5.26 Å². The Bertz CT molecular complexity index is 485. The molecule has 1 aromatic rings. The van der Waals surface area contributed by atoms with Crippen LogP contribution >= 0.6 is 0 Å². The summed E-state index contributed by atoms with van der Waals surface area (Å²) in [4.78, 5) is 2.37. The van der Waals surface area contributed by atoms with Gasteiger partial charge in [-0.05, 0) is 43.4 Å². The van der Waals surface area contributed by atoms with Crippen LogP contribution in [-0.2, 0) is 5.41 Å². The Morgan fingerprint density at radius 3 is 2.21 bits per heavy atom. The lowest BCUT2D eigenvalue weighted by Crippen LogP contribution is -2.42. The van der Waals surface area contributed by atoms with Gasteiger partial charge in [-0.1, -0.05) is 32.9 Å². The summed E-state index contributed by atoms with van der Waals surface area (Å²) in [6.45, 7) is 12.0. The fourth-order valence-electron chi connectivity index (χ4n) is 2.91. The van der Waals surface area contributed by atoms with E-state index in [1.165, 1.54) is 11.3 Å². The molecule has 0 bridgehead atoms. The zero-order chi connectivity index (χ0) is 14.3. The minimum atomic E-state index is -0.0714. The van der Waals surface area contributed by atoms with Gasteiger partial charge in [0, 0.05) is 12.2 Å². The lowest BCUT2D eigenvalue weighted by atomic mass is 9.86. The highest BCUT2D eigenvalue weighted by Crippen LogP contribution is 2.38. The molecule has 1 aromatic carbocycles. The first-order chi connectivity index (χ1) is 8.76. The topological polar surface area (TPSA) is 27.0 Å². The van der Waals surface area contributed by atoms with Crippen molar-refractivity contribution in [1.82, 2.24) is 0 Å². The minimum absolute atomic E-state index is 0.0714. The van der Waals surface area contributed by atoms with Crippen molar-refractivity contribution >= 4 is 5.69 Å². The lowest BCUT2D eigenvalue weighted by Gasteiger charge is -2.35. The van der Waals surface area contributed by atoms with Crippen LogP contribution in [0.5, 0.6) is 0 Å². The van der Waals surface area contributed by atoms with Crippen LogP contribution in [0.25, 0.3) is 0 Å². The molecule has 0 N–H and O–H groups in total. The molecular formula is C17H24N2. The Labute approximate surface area is 117 Å². The van der Waals surface area contributed by atoms with E-state index in [-0.39, 0.29) is 16.9 Å². The van der Waals surface area contributed by atoms with Gasteiger partial charge < -0.3 is 4.90 Å². The van der Waals surface area contributed by atoms with Gasteiger partial charge in [0.1, 0.15) is 0 Å². The molecule has 1 fully saturated rings. The average Bonchev–Trinajstić information content (AvgIpc) is 2.63. The van der Waals surface area contributed by atoms with Crippen molar-refractivity contribution in [2.45, 2.75) is 52.0 Å². The van der Waals surface area contributed by atoms with E-state index in [2.05, 4.69) is 69.9 Å². The zero-order valence-electron chi connectivity index (χ0n) is 12.7. The molecule has 19 heavy (non-hydrogen) atoms. The summed E-state index contributed by atoms with van der Waals surface area (Å²) < 4.78 is 0. The van der Waals surface area contributed by atoms with E-state index >= 15 is 0 Å². The number of rotatable bonds is 1. The summed E-state index contributed by atoms with van der Waals surface area (Å²) in [5, 5.41) is 9.24. The normalized spacial score (nSPS) is 22.3. The number of hydrogen-bond donors (Lipinski definition) is 0. The second-order valence-corrected chi connectivity index (χ2v) is 7.07. The van der Waals surface area contributed by atoms with Crippen molar-refractivity contribution in [1.29, 1.82) is 5.26 Å². The Balaban J connectivity index is 2.27.